The summed E-state index contributed by atoms with van der Waals surface area (Å²) in [5.41, 5.74) is 1.34. The normalized spacial score (nSPS) is 12.1. The molecule has 0 heterocycles. The lowest BCUT2D eigenvalue weighted by molar-refractivity contribution is -0.118. The van der Waals surface area contributed by atoms with E-state index in [-0.39, 0.29) is 5.91 Å². The van der Waals surface area contributed by atoms with E-state index in [1.165, 1.54) is 12.5 Å². The molecule has 1 unspecified atom stereocenters. The van der Waals surface area contributed by atoms with Crippen LogP contribution >= 0.6 is 0 Å². The second-order valence-electron chi connectivity index (χ2n) is 4.00. The average molecular weight is 220 g/mol. The first-order valence-corrected chi connectivity index (χ1v) is 5.70. The fourth-order valence-electron chi connectivity index (χ4n) is 1.54. The van der Waals surface area contributed by atoms with Crippen LogP contribution in [0.4, 0.5) is 0 Å². The molecule has 0 fully saturated rings. The Bertz CT molecular complexity index is 311. The Morgan fingerprint density at radius 2 is 1.94 bits per heavy atom. The smallest absolute Gasteiger partial charge is 0.216 e. The predicted molar refractivity (Wildman–Crippen MR) is 66.4 cm³/mol. The van der Waals surface area contributed by atoms with Crippen LogP contribution in [0.1, 0.15) is 25.3 Å². The quantitative estimate of drug-likeness (QED) is 0.714. The summed E-state index contributed by atoms with van der Waals surface area (Å²) in [4.78, 5) is 10.6. The third-order valence-electron chi connectivity index (χ3n) is 2.49. The standard InChI is InChI=1S/C13H20N2O/c1-11(13-6-4-3-5-7-13)10-14-8-9-15-12(2)16/h3-7,11,14H,8-10H2,1-2H3,(H,15,16). The summed E-state index contributed by atoms with van der Waals surface area (Å²) >= 11 is 0. The molecule has 2 N–H and O–H groups in total. The van der Waals surface area contributed by atoms with E-state index in [2.05, 4.69) is 41.8 Å². The second-order valence-corrected chi connectivity index (χ2v) is 4.00. The lowest BCUT2D eigenvalue weighted by Crippen LogP contribution is -2.31. The molecule has 0 bridgehead atoms. The second kappa shape index (κ2) is 7.01. The summed E-state index contributed by atoms with van der Waals surface area (Å²) in [5, 5.41) is 6.08. The van der Waals surface area contributed by atoms with E-state index in [0.29, 0.717) is 12.5 Å². The van der Waals surface area contributed by atoms with E-state index in [1.54, 1.807) is 0 Å². The van der Waals surface area contributed by atoms with Crippen molar-refractivity contribution >= 4 is 5.91 Å². The van der Waals surface area contributed by atoms with Crippen LogP contribution in [-0.2, 0) is 4.79 Å². The van der Waals surface area contributed by atoms with Gasteiger partial charge in [0.2, 0.25) is 5.91 Å². The van der Waals surface area contributed by atoms with Gasteiger partial charge in [-0.25, -0.2) is 0 Å². The number of hydrogen-bond acceptors (Lipinski definition) is 2. The fraction of sp³-hybridized carbons (Fsp3) is 0.462. The van der Waals surface area contributed by atoms with Gasteiger partial charge in [0.05, 0.1) is 0 Å². The van der Waals surface area contributed by atoms with Crippen LogP contribution in [0.3, 0.4) is 0 Å². The molecule has 0 aliphatic heterocycles. The van der Waals surface area contributed by atoms with Crippen molar-refractivity contribution in [2.75, 3.05) is 19.6 Å². The molecule has 88 valence electrons. The van der Waals surface area contributed by atoms with Gasteiger partial charge in [0, 0.05) is 26.6 Å². The average Bonchev–Trinajstić information content (AvgIpc) is 2.29. The Labute approximate surface area is 97.2 Å². The molecule has 3 heteroatoms. The summed E-state index contributed by atoms with van der Waals surface area (Å²) < 4.78 is 0. The van der Waals surface area contributed by atoms with Crippen molar-refractivity contribution in [3.63, 3.8) is 0 Å². The minimum absolute atomic E-state index is 0.0258. The summed E-state index contributed by atoms with van der Waals surface area (Å²) in [6, 6.07) is 10.4. The lowest BCUT2D eigenvalue weighted by Gasteiger charge is -2.12. The van der Waals surface area contributed by atoms with E-state index < -0.39 is 0 Å². The van der Waals surface area contributed by atoms with Gasteiger partial charge in [-0.15, -0.1) is 0 Å². The SMILES string of the molecule is CC(=O)NCCNCC(C)c1ccccc1. The van der Waals surface area contributed by atoms with Crippen molar-refractivity contribution in [1.82, 2.24) is 10.6 Å². The lowest BCUT2D eigenvalue weighted by atomic mass is 10.0. The van der Waals surface area contributed by atoms with E-state index in [9.17, 15) is 4.79 Å². The zero-order chi connectivity index (χ0) is 11.8. The Balaban J connectivity index is 2.16. The third-order valence-corrected chi connectivity index (χ3v) is 2.49. The van der Waals surface area contributed by atoms with Crippen LogP contribution < -0.4 is 10.6 Å². The largest absolute Gasteiger partial charge is 0.355 e. The molecule has 1 amide bonds. The zero-order valence-corrected chi connectivity index (χ0v) is 9.99. The van der Waals surface area contributed by atoms with Crippen LogP contribution in [0.2, 0.25) is 0 Å². The van der Waals surface area contributed by atoms with Crippen LogP contribution in [0.25, 0.3) is 0 Å². The van der Waals surface area contributed by atoms with Crippen LogP contribution in [0, 0.1) is 0 Å². The molecule has 0 saturated heterocycles. The minimum Gasteiger partial charge on any atom is -0.355 e. The third kappa shape index (κ3) is 4.94. The van der Waals surface area contributed by atoms with Crippen molar-refractivity contribution in [2.45, 2.75) is 19.8 Å². The van der Waals surface area contributed by atoms with Crippen molar-refractivity contribution in [3.05, 3.63) is 35.9 Å². The van der Waals surface area contributed by atoms with Crippen LogP contribution in [0.15, 0.2) is 30.3 Å². The number of amides is 1. The summed E-state index contributed by atoms with van der Waals surface area (Å²) in [6.45, 7) is 6.17. The van der Waals surface area contributed by atoms with E-state index in [4.69, 9.17) is 0 Å². The highest BCUT2D eigenvalue weighted by Crippen LogP contribution is 2.12. The zero-order valence-electron chi connectivity index (χ0n) is 9.99. The van der Waals surface area contributed by atoms with Gasteiger partial charge in [0.25, 0.3) is 0 Å². The molecule has 0 spiro atoms. The molecule has 1 aromatic carbocycles. The highest BCUT2D eigenvalue weighted by atomic mass is 16.1. The van der Waals surface area contributed by atoms with Gasteiger partial charge >= 0.3 is 0 Å². The molecule has 0 aromatic heterocycles. The van der Waals surface area contributed by atoms with E-state index in [0.717, 1.165) is 13.1 Å². The molecular weight excluding hydrogens is 200 g/mol. The van der Waals surface area contributed by atoms with Gasteiger partial charge in [-0.05, 0) is 11.5 Å². The van der Waals surface area contributed by atoms with E-state index in [1.807, 2.05) is 6.07 Å². The van der Waals surface area contributed by atoms with Gasteiger partial charge in [0.15, 0.2) is 0 Å². The monoisotopic (exact) mass is 220 g/mol. The van der Waals surface area contributed by atoms with Gasteiger partial charge in [-0.3, -0.25) is 4.79 Å². The topological polar surface area (TPSA) is 41.1 Å². The fourth-order valence-corrected chi connectivity index (χ4v) is 1.54. The molecule has 0 aliphatic carbocycles. The van der Waals surface area contributed by atoms with Crippen LogP contribution in [0.5, 0.6) is 0 Å². The summed E-state index contributed by atoms with van der Waals surface area (Å²) in [5.74, 6) is 0.524. The molecule has 1 rings (SSSR count). The summed E-state index contributed by atoms with van der Waals surface area (Å²) in [6.07, 6.45) is 0. The summed E-state index contributed by atoms with van der Waals surface area (Å²) in [7, 11) is 0. The molecule has 16 heavy (non-hydrogen) atoms. The first kappa shape index (κ1) is 12.7. The molecular formula is C13H20N2O. The molecule has 0 radical (unpaired) electrons. The van der Waals surface area contributed by atoms with Crippen molar-refractivity contribution in [1.29, 1.82) is 0 Å². The molecule has 3 nitrogen and oxygen atoms in total. The maximum absolute atomic E-state index is 10.6. The number of carbonyl (C=O) groups excluding carboxylic acids is 1. The number of nitrogens with one attached hydrogen (secondary N) is 2. The maximum atomic E-state index is 10.6. The van der Waals surface area contributed by atoms with E-state index >= 15 is 0 Å². The number of benzene rings is 1. The molecule has 0 saturated carbocycles. The Morgan fingerprint density at radius 3 is 2.56 bits per heavy atom. The predicted octanol–water partition coefficient (Wildman–Crippen LogP) is 1.52. The van der Waals surface area contributed by atoms with Crippen molar-refractivity contribution < 1.29 is 4.79 Å². The number of hydrogen-bond donors (Lipinski definition) is 2. The van der Waals surface area contributed by atoms with Gasteiger partial charge in [0.1, 0.15) is 0 Å². The van der Waals surface area contributed by atoms with Crippen molar-refractivity contribution in [2.24, 2.45) is 0 Å². The number of carbonyl (C=O) groups is 1. The first-order chi connectivity index (χ1) is 7.70. The highest BCUT2D eigenvalue weighted by molar-refractivity contribution is 5.72. The van der Waals surface area contributed by atoms with Gasteiger partial charge in [-0.2, -0.15) is 0 Å². The van der Waals surface area contributed by atoms with Gasteiger partial charge < -0.3 is 10.6 Å². The minimum atomic E-state index is 0.0258. The Morgan fingerprint density at radius 1 is 1.25 bits per heavy atom. The molecule has 0 aliphatic rings. The highest BCUT2D eigenvalue weighted by Gasteiger charge is 2.03. The molecule has 1 atom stereocenters. The molecule has 1 aromatic rings. The Kier molecular flexibility index (Phi) is 5.57. The number of rotatable bonds is 6. The van der Waals surface area contributed by atoms with Gasteiger partial charge in [-0.1, -0.05) is 37.3 Å². The Hall–Kier alpha value is -1.35. The van der Waals surface area contributed by atoms with Crippen LogP contribution in [-0.4, -0.2) is 25.5 Å². The first-order valence-electron chi connectivity index (χ1n) is 5.70. The maximum Gasteiger partial charge on any atom is 0.216 e. The van der Waals surface area contributed by atoms with Crippen molar-refractivity contribution in [3.8, 4) is 0 Å².